The minimum Gasteiger partial charge on any atom is -0.480 e. The van der Waals surface area contributed by atoms with Crippen molar-refractivity contribution in [3.05, 3.63) is 29.3 Å². The number of aliphatic hydroxyl groups is 1. The summed E-state index contributed by atoms with van der Waals surface area (Å²) in [6, 6.07) is 4.10. The summed E-state index contributed by atoms with van der Waals surface area (Å²) in [6.07, 6.45) is 1.89. The Bertz CT molecular complexity index is 461. The number of aliphatic hydroxyl groups excluding tert-OH is 1. The first-order valence-corrected chi connectivity index (χ1v) is 6.51. The first kappa shape index (κ1) is 14.5. The van der Waals surface area contributed by atoms with Crippen LogP contribution < -0.4 is 5.32 Å². The van der Waals surface area contributed by atoms with Crippen LogP contribution in [0.25, 0.3) is 0 Å². The number of carbonyl (C=O) groups excluding carboxylic acids is 1. The molecule has 0 fully saturated rings. The number of hydrogen-bond acceptors (Lipinski definition) is 4. The van der Waals surface area contributed by atoms with Gasteiger partial charge in [0.2, 0.25) is 0 Å². The second kappa shape index (κ2) is 6.42. The van der Waals surface area contributed by atoms with E-state index >= 15 is 0 Å². The van der Waals surface area contributed by atoms with Crippen molar-refractivity contribution in [1.82, 2.24) is 5.32 Å². The highest BCUT2D eigenvalue weighted by Gasteiger charge is 2.20. The summed E-state index contributed by atoms with van der Waals surface area (Å²) in [4.78, 5) is 23.6. The summed E-state index contributed by atoms with van der Waals surface area (Å²) in [5.41, 5.74) is 1.17. The molecule has 0 bridgehead atoms. The van der Waals surface area contributed by atoms with Gasteiger partial charge in [-0.15, -0.1) is 11.8 Å². The molecule has 0 aliphatic heterocycles. The van der Waals surface area contributed by atoms with Gasteiger partial charge in [-0.3, -0.25) is 4.79 Å². The number of amides is 1. The highest BCUT2D eigenvalue weighted by Crippen LogP contribution is 2.19. The van der Waals surface area contributed by atoms with Crippen molar-refractivity contribution < 1.29 is 19.8 Å². The number of nitrogens with one attached hydrogen (secondary N) is 1. The van der Waals surface area contributed by atoms with Crippen LogP contribution in [0.15, 0.2) is 23.1 Å². The molecule has 0 spiro atoms. The third kappa shape index (κ3) is 3.48. The normalized spacial score (nSPS) is 11.9. The Balaban J connectivity index is 2.93. The van der Waals surface area contributed by atoms with Crippen LogP contribution in [0.1, 0.15) is 15.9 Å². The van der Waals surface area contributed by atoms with E-state index in [2.05, 4.69) is 5.32 Å². The molecule has 5 nitrogen and oxygen atoms in total. The number of carboxylic acids is 1. The van der Waals surface area contributed by atoms with Gasteiger partial charge in [-0.25, -0.2) is 4.79 Å². The molecule has 98 valence electrons. The zero-order valence-electron chi connectivity index (χ0n) is 10.1. The average molecular weight is 269 g/mol. The summed E-state index contributed by atoms with van der Waals surface area (Å²) in [5.74, 6) is -1.76. The van der Waals surface area contributed by atoms with Crippen molar-refractivity contribution in [2.75, 3.05) is 12.9 Å². The molecule has 1 atom stereocenters. The van der Waals surface area contributed by atoms with Gasteiger partial charge in [0, 0.05) is 10.5 Å². The molecule has 0 unspecified atom stereocenters. The summed E-state index contributed by atoms with van der Waals surface area (Å²) in [6.45, 7) is 1.13. The minimum atomic E-state index is -1.28. The van der Waals surface area contributed by atoms with E-state index in [1.807, 2.05) is 12.3 Å². The lowest BCUT2D eigenvalue weighted by Crippen LogP contribution is -2.43. The molecule has 6 heteroatoms. The van der Waals surface area contributed by atoms with E-state index in [4.69, 9.17) is 10.2 Å². The van der Waals surface area contributed by atoms with E-state index < -0.39 is 24.5 Å². The first-order chi connectivity index (χ1) is 8.49. The Morgan fingerprint density at radius 3 is 2.61 bits per heavy atom. The fourth-order valence-corrected chi connectivity index (χ4v) is 1.83. The van der Waals surface area contributed by atoms with Gasteiger partial charge in [0.05, 0.1) is 6.61 Å². The van der Waals surface area contributed by atoms with Crippen LogP contribution in [0.2, 0.25) is 0 Å². The Morgan fingerprint density at radius 2 is 2.11 bits per heavy atom. The van der Waals surface area contributed by atoms with E-state index in [0.29, 0.717) is 5.56 Å². The van der Waals surface area contributed by atoms with Crippen molar-refractivity contribution in [1.29, 1.82) is 0 Å². The fourth-order valence-electron chi connectivity index (χ4n) is 1.39. The maximum Gasteiger partial charge on any atom is 0.328 e. The van der Waals surface area contributed by atoms with Gasteiger partial charge < -0.3 is 15.5 Å². The van der Waals surface area contributed by atoms with Crippen LogP contribution in [0.3, 0.4) is 0 Å². The third-order valence-electron chi connectivity index (χ3n) is 2.48. The number of thioether (sulfide) groups is 1. The van der Waals surface area contributed by atoms with Gasteiger partial charge in [-0.05, 0) is 30.9 Å². The zero-order valence-corrected chi connectivity index (χ0v) is 11.0. The lowest BCUT2D eigenvalue weighted by atomic mass is 10.1. The Labute approximate surface area is 109 Å². The van der Waals surface area contributed by atoms with Crippen molar-refractivity contribution in [3.8, 4) is 0 Å². The van der Waals surface area contributed by atoms with Crippen LogP contribution in [-0.4, -0.2) is 41.0 Å². The molecule has 0 aliphatic rings. The molecule has 0 heterocycles. The molecule has 0 aliphatic carbocycles. The molecule has 1 aromatic carbocycles. The highest BCUT2D eigenvalue weighted by atomic mass is 32.2. The fraction of sp³-hybridized carbons (Fsp3) is 0.333. The second-order valence-corrected chi connectivity index (χ2v) is 4.61. The second-order valence-electron chi connectivity index (χ2n) is 3.73. The molecule has 3 N–H and O–H groups in total. The monoisotopic (exact) mass is 269 g/mol. The molecule has 1 rings (SSSR count). The van der Waals surface area contributed by atoms with Crippen LogP contribution in [-0.2, 0) is 4.79 Å². The van der Waals surface area contributed by atoms with E-state index in [0.717, 1.165) is 10.5 Å². The maximum absolute atomic E-state index is 11.9. The Hall–Kier alpha value is -1.53. The molecule has 0 saturated heterocycles. The number of aryl methyl sites for hydroxylation is 1. The smallest absolute Gasteiger partial charge is 0.328 e. The number of carboxylic acid groups (broad SMARTS) is 1. The molecule has 18 heavy (non-hydrogen) atoms. The molecule has 1 amide bonds. The number of carbonyl (C=O) groups is 2. The van der Waals surface area contributed by atoms with Crippen LogP contribution in [0.5, 0.6) is 0 Å². The SMILES string of the molecule is CSc1ccc(C)c(C(=O)N[C@@H](CO)C(=O)O)c1. The number of hydrogen-bond donors (Lipinski definition) is 3. The lowest BCUT2D eigenvalue weighted by molar-refractivity contribution is -0.140. The topological polar surface area (TPSA) is 86.6 Å². The molecule has 1 aromatic rings. The van der Waals surface area contributed by atoms with Crippen molar-refractivity contribution >= 4 is 23.6 Å². The molecule has 0 radical (unpaired) electrons. The molecule has 0 saturated carbocycles. The third-order valence-corrected chi connectivity index (χ3v) is 3.20. The summed E-state index contributed by atoms with van der Waals surface area (Å²) in [5, 5.41) is 19.9. The molecular weight excluding hydrogens is 254 g/mol. The summed E-state index contributed by atoms with van der Waals surface area (Å²) in [7, 11) is 0. The summed E-state index contributed by atoms with van der Waals surface area (Å²) >= 11 is 1.49. The van der Waals surface area contributed by atoms with Gasteiger partial charge in [-0.2, -0.15) is 0 Å². The van der Waals surface area contributed by atoms with Crippen molar-refractivity contribution in [3.63, 3.8) is 0 Å². The highest BCUT2D eigenvalue weighted by molar-refractivity contribution is 7.98. The van der Waals surface area contributed by atoms with E-state index in [9.17, 15) is 9.59 Å². The average Bonchev–Trinajstić information content (AvgIpc) is 2.35. The molecule has 0 aromatic heterocycles. The maximum atomic E-state index is 11.9. The van der Waals surface area contributed by atoms with Crippen molar-refractivity contribution in [2.24, 2.45) is 0 Å². The largest absolute Gasteiger partial charge is 0.480 e. The van der Waals surface area contributed by atoms with E-state index in [-0.39, 0.29) is 0 Å². The standard InChI is InChI=1S/C12H15NO4S/c1-7-3-4-8(18-2)5-9(7)11(15)13-10(6-14)12(16)17/h3-5,10,14H,6H2,1-2H3,(H,13,15)(H,16,17)/t10-/m0/s1. The first-order valence-electron chi connectivity index (χ1n) is 5.28. The zero-order chi connectivity index (χ0) is 13.7. The van der Waals surface area contributed by atoms with Gasteiger partial charge in [0.25, 0.3) is 5.91 Å². The number of benzene rings is 1. The van der Waals surface area contributed by atoms with Crippen molar-refractivity contribution in [2.45, 2.75) is 17.9 Å². The quantitative estimate of drug-likeness (QED) is 0.691. The Kier molecular flexibility index (Phi) is 5.18. The summed E-state index contributed by atoms with van der Waals surface area (Å²) < 4.78 is 0. The van der Waals surface area contributed by atoms with Crippen LogP contribution in [0.4, 0.5) is 0 Å². The minimum absolute atomic E-state index is 0.418. The van der Waals surface area contributed by atoms with E-state index in [1.165, 1.54) is 11.8 Å². The van der Waals surface area contributed by atoms with E-state index in [1.54, 1.807) is 19.1 Å². The predicted octanol–water partition coefficient (Wildman–Crippen LogP) is 0.892. The number of rotatable bonds is 5. The van der Waals surface area contributed by atoms with Gasteiger partial charge in [-0.1, -0.05) is 6.07 Å². The van der Waals surface area contributed by atoms with Gasteiger partial charge >= 0.3 is 5.97 Å². The number of aliphatic carboxylic acids is 1. The predicted molar refractivity (Wildman–Crippen MR) is 68.9 cm³/mol. The van der Waals surface area contributed by atoms with Gasteiger partial charge in [0.1, 0.15) is 0 Å². The Morgan fingerprint density at radius 1 is 1.44 bits per heavy atom. The van der Waals surface area contributed by atoms with Crippen LogP contribution in [0, 0.1) is 6.92 Å². The van der Waals surface area contributed by atoms with Crippen LogP contribution >= 0.6 is 11.8 Å². The lowest BCUT2D eigenvalue weighted by Gasteiger charge is -2.13. The van der Waals surface area contributed by atoms with Gasteiger partial charge in [0.15, 0.2) is 6.04 Å². The molecular formula is C12H15NO4S.